The van der Waals surface area contributed by atoms with Gasteiger partial charge in [0.15, 0.2) is 0 Å². The van der Waals surface area contributed by atoms with Crippen LogP contribution in [0.1, 0.15) is 15.5 Å². The summed E-state index contributed by atoms with van der Waals surface area (Å²) in [7, 11) is 3.91. The number of aryl methyl sites for hydroxylation is 1. The first-order valence-corrected chi connectivity index (χ1v) is 6.39. The van der Waals surface area contributed by atoms with Gasteiger partial charge in [-0.25, -0.2) is 4.98 Å². The minimum absolute atomic E-state index is 0.0255. The van der Waals surface area contributed by atoms with Crippen molar-refractivity contribution in [1.82, 2.24) is 14.8 Å². The Morgan fingerprint density at radius 3 is 2.59 bits per heavy atom. The van der Waals surface area contributed by atoms with Crippen LogP contribution in [-0.4, -0.2) is 66.1 Å². The highest BCUT2D eigenvalue weighted by Crippen LogP contribution is 2.10. The average molecular weight is 257 g/mol. The number of aromatic nitrogens is 1. The van der Waals surface area contributed by atoms with E-state index >= 15 is 0 Å². The highest BCUT2D eigenvalue weighted by molar-refractivity contribution is 7.09. The molecule has 0 radical (unpaired) electrons. The van der Waals surface area contributed by atoms with E-state index in [-0.39, 0.29) is 12.5 Å². The Labute approximate surface area is 106 Å². The number of carbonyl (C=O) groups excluding carboxylic acids is 1. The highest BCUT2D eigenvalue weighted by atomic mass is 32.1. The minimum atomic E-state index is -0.106. The number of thiazole rings is 1. The molecule has 0 aliphatic carbocycles. The van der Waals surface area contributed by atoms with Gasteiger partial charge in [0.2, 0.25) is 0 Å². The largest absolute Gasteiger partial charge is 0.395 e. The van der Waals surface area contributed by atoms with Crippen molar-refractivity contribution in [2.75, 3.05) is 40.3 Å². The molecule has 17 heavy (non-hydrogen) atoms. The number of aliphatic hydroxyl groups is 1. The molecule has 0 atom stereocenters. The number of hydrogen-bond donors (Lipinski definition) is 1. The number of amides is 1. The van der Waals surface area contributed by atoms with Gasteiger partial charge in [0.05, 0.1) is 11.6 Å². The van der Waals surface area contributed by atoms with Crippen molar-refractivity contribution in [2.45, 2.75) is 6.92 Å². The zero-order valence-corrected chi connectivity index (χ0v) is 11.3. The van der Waals surface area contributed by atoms with Crippen molar-refractivity contribution < 1.29 is 9.90 Å². The molecule has 1 rings (SSSR count). The summed E-state index contributed by atoms with van der Waals surface area (Å²) in [5, 5.41) is 11.6. The van der Waals surface area contributed by atoms with E-state index in [4.69, 9.17) is 5.11 Å². The summed E-state index contributed by atoms with van der Waals surface area (Å²) in [6.45, 7) is 3.57. The number of rotatable bonds is 6. The van der Waals surface area contributed by atoms with Crippen LogP contribution in [-0.2, 0) is 0 Å². The van der Waals surface area contributed by atoms with E-state index in [0.29, 0.717) is 18.8 Å². The highest BCUT2D eigenvalue weighted by Gasteiger charge is 2.17. The molecule has 0 unspecified atom stereocenters. The van der Waals surface area contributed by atoms with Crippen LogP contribution in [0.3, 0.4) is 0 Å². The molecule has 0 saturated carbocycles. The van der Waals surface area contributed by atoms with E-state index in [1.54, 1.807) is 10.3 Å². The molecule has 0 spiro atoms. The quantitative estimate of drug-likeness (QED) is 0.804. The Kier molecular flexibility index (Phi) is 5.54. The van der Waals surface area contributed by atoms with Crippen LogP contribution in [0.15, 0.2) is 5.38 Å². The average Bonchev–Trinajstić information content (AvgIpc) is 2.70. The van der Waals surface area contributed by atoms with E-state index in [9.17, 15) is 4.79 Å². The standard InChI is InChI=1S/C11H19N3O2S/c1-9-12-10(8-17-9)11(16)14(6-7-15)5-4-13(2)3/h8,15H,4-7H2,1-3H3. The van der Waals surface area contributed by atoms with Crippen molar-refractivity contribution in [2.24, 2.45) is 0 Å². The van der Waals surface area contributed by atoms with E-state index in [1.165, 1.54) is 11.3 Å². The molecule has 0 aromatic carbocycles. The number of hydrogen-bond acceptors (Lipinski definition) is 5. The zero-order valence-electron chi connectivity index (χ0n) is 10.5. The lowest BCUT2D eigenvalue weighted by Crippen LogP contribution is -2.38. The summed E-state index contributed by atoms with van der Waals surface area (Å²) in [6.07, 6.45) is 0. The maximum absolute atomic E-state index is 12.1. The molecule has 0 aliphatic rings. The van der Waals surface area contributed by atoms with Gasteiger partial charge in [-0.3, -0.25) is 4.79 Å². The number of likely N-dealkylation sites (N-methyl/N-ethyl adjacent to an activating group) is 1. The van der Waals surface area contributed by atoms with Gasteiger partial charge in [0.25, 0.3) is 5.91 Å². The Morgan fingerprint density at radius 2 is 2.12 bits per heavy atom. The molecule has 6 heteroatoms. The molecule has 1 amide bonds. The number of nitrogens with zero attached hydrogens (tertiary/aromatic N) is 3. The molecular weight excluding hydrogens is 238 g/mol. The summed E-state index contributed by atoms with van der Waals surface area (Å²) >= 11 is 1.46. The van der Waals surface area contributed by atoms with Crippen LogP contribution < -0.4 is 0 Å². The second-order valence-electron chi connectivity index (χ2n) is 4.07. The van der Waals surface area contributed by atoms with Gasteiger partial charge in [0.1, 0.15) is 5.69 Å². The first-order chi connectivity index (χ1) is 8.04. The maximum Gasteiger partial charge on any atom is 0.273 e. The first-order valence-electron chi connectivity index (χ1n) is 5.51. The lowest BCUT2D eigenvalue weighted by molar-refractivity contribution is 0.0705. The van der Waals surface area contributed by atoms with Crippen LogP contribution in [0.25, 0.3) is 0 Å². The first kappa shape index (κ1) is 14.1. The fourth-order valence-electron chi connectivity index (χ4n) is 1.38. The summed E-state index contributed by atoms with van der Waals surface area (Å²) in [5.74, 6) is -0.106. The topological polar surface area (TPSA) is 56.7 Å². The van der Waals surface area contributed by atoms with Crippen molar-refractivity contribution >= 4 is 17.2 Å². The normalized spacial score (nSPS) is 10.9. The Morgan fingerprint density at radius 1 is 1.41 bits per heavy atom. The summed E-state index contributed by atoms with van der Waals surface area (Å²) in [4.78, 5) is 19.9. The van der Waals surface area contributed by atoms with Gasteiger partial charge in [0, 0.05) is 25.0 Å². The molecule has 0 saturated heterocycles. The van der Waals surface area contributed by atoms with Gasteiger partial charge < -0.3 is 14.9 Å². The van der Waals surface area contributed by atoms with E-state index in [1.807, 2.05) is 25.9 Å². The number of carbonyl (C=O) groups is 1. The molecule has 1 aromatic heterocycles. The molecule has 1 heterocycles. The second kappa shape index (κ2) is 6.68. The summed E-state index contributed by atoms with van der Waals surface area (Å²) in [5.41, 5.74) is 0.472. The molecular formula is C11H19N3O2S. The minimum Gasteiger partial charge on any atom is -0.395 e. The molecule has 0 bridgehead atoms. The third-order valence-electron chi connectivity index (χ3n) is 2.31. The van der Waals surface area contributed by atoms with Gasteiger partial charge in [-0.1, -0.05) is 0 Å². The van der Waals surface area contributed by atoms with E-state index in [2.05, 4.69) is 4.98 Å². The molecule has 1 aromatic rings. The number of aliphatic hydroxyl groups excluding tert-OH is 1. The lowest BCUT2D eigenvalue weighted by Gasteiger charge is -2.22. The Balaban J connectivity index is 2.66. The predicted molar refractivity (Wildman–Crippen MR) is 68.4 cm³/mol. The van der Waals surface area contributed by atoms with Crippen LogP contribution in [0.5, 0.6) is 0 Å². The molecule has 96 valence electrons. The van der Waals surface area contributed by atoms with Crippen molar-refractivity contribution in [3.8, 4) is 0 Å². The van der Waals surface area contributed by atoms with E-state index in [0.717, 1.165) is 11.6 Å². The molecule has 0 fully saturated rings. The third-order valence-corrected chi connectivity index (χ3v) is 3.09. The van der Waals surface area contributed by atoms with E-state index < -0.39 is 0 Å². The van der Waals surface area contributed by atoms with Gasteiger partial charge in [-0.2, -0.15) is 0 Å². The van der Waals surface area contributed by atoms with Gasteiger partial charge in [-0.05, 0) is 21.0 Å². The van der Waals surface area contributed by atoms with Gasteiger partial charge in [-0.15, -0.1) is 11.3 Å². The van der Waals surface area contributed by atoms with Crippen molar-refractivity contribution in [3.63, 3.8) is 0 Å². The predicted octanol–water partition coefficient (Wildman–Crippen LogP) is 0.448. The fourth-order valence-corrected chi connectivity index (χ4v) is 1.97. The SMILES string of the molecule is Cc1nc(C(=O)N(CCO)CCN(C)C)cs1. The van der Waals surface area contributed by atoms with Crippen LogP contribution in [0.4, 0.5) is 0 Å². The van der Waals surface area contributed by atoms with Crippen LogP contribution in [0, 0.1) is 6.92 Å². The van der Waals surface area contributed by atoms with Crippen LogP contribution >= 0.6 is 11.3 Å². The zero-order chi connectivity index (χ0) is 12.8. The maximum atomic E-state index is 12.1. The second-order valence-corrected chi connectivity index (χ2v) is 5.13. The smallest absolute Gasteiger partial charge is 0.273 e. The summed E-state index contributed by atoms with van der Waals surface area (Å²) in [6, 6.07) is 0. The monoisotopic (exact) mass is 257 g/mol. The lowest BCUT2D eigenvalue weighted by atomic mass is 10.3. The van der Waals surface area contributed by atoms with Crippen molar-refractivity contribution in [1.29, 1.82) is 0 Å². The Hall–Kier alpha value is -0.980. The third kappa shape index (κ3) is 4.41. The molecule has 1 N–H and O–H groups in total. The van der Waals surface area contributed by atoms with Crippen molar-refractivity contribution in [3.05, 3.63) is 16.1 Å². The fraction of sp³-hybridized carbons (Fsp3) is 0.636. The van der Waals surface area contributed by atoms with Crippen LogP contribution in [0.2, 0.25) is 0 Å². The Bertz CT molecular complexity index is 365. The molecule has 5 nitrogen and oxygen atoms in total. The molecule has 0 aliphatic heterocycles. The van der Waals surface area contributed by atoms with Gasteiger partial charge >= 0.3 is 0 Å². The summed E-state index contributed by atoms with van der Waals surface area (Å²) < 4.78 is 0.